The molecule has 2 N–H and O–H groups in total. The largest absolute Gasteiger partial charge is 0.491 e. The minimum Gasteiger partial charge on any atom is -0.491 e. The third-order valence-electron chi connectivity index (χ3n) is 7.29. The van der Waals surface area contributed by atoms with Gasteiger partial charge < -0.3 is 25.0 Å². The van der Waals surface area contributed by atoms with Gasteiger partial charge in [-0.15, -0.1) is 0 Å². The molecule has 3 aromatic rings. The Kier molecular flexibility index (Phi) is 8.00. The molecule has 0 spiro atoms. The number of ether oxygens (including phenoxy) is 2. The van der Waals surface area contributed by atoms with Crippen molar-refractivity contribution in [3.63, 3.8) is 0 Å². The molecule has 5 rings (SSSR count). The summed E-state index contributed by atoms with van der Waals surface area (Å²) in [7, 11) is 1.76. The van der Waals surface area contributed by atoms with Crippen LogP contribution >= 0.6 is 0 Å². The molecule has 0 aliphatic carbocycles. The Hall–Kier alpha value is -3.75. The molecule has 3 heterocycles. The molecular formula is C30H34N4O4. The molecule has 38 heavy (non-hydrogen) atoms. The predicted octanol–water partition coefficient (Wildman–Crippen LogP) is 3.51. The molecule has 1 aromatic heterocycles. The van der Waals surface area contributed by atoms with Crippen molar-refractivity contribution in [1.29, 1.82) is 0 Å². The lowest BCUT2D eigenvalue weighted by molar-refractivity contribution is -0.134. The second-order valence-electron chi connectivity index (χ2n) is 10.1. The summed E-state index contributed by atoms with van der Waals surface area (Å²) in [4.78, 5) is 33.8. The van der Waals surface area contributed by atoms with Crippen molar-refractivity contribution in [2.75, 3.05) is 26.7 Å². The third kappa shape index (κ3) is 6.03. The number of rotatable bonds is 4. The normalized spacial score (nSPS) is 22.5. The Labute approximate surface area is 223 Å². The van der Waals surface area contributed by atoms with Crippen LogP contribution in [0, 0.1) is 0 Å². The van der Waals surface area contributed by atoms with Crippen molar-refractivity contribution in [1.82, 2.24) is 14.8 Å². The van der Waals surface area contributed by atoms with Gasteiger partial charge in [-0.25, -0.2) is 0 Å². The van der Waals surface area contributed by atoms with E-state index in [4.69, 9.17) is 15.2 Å². The van der Waals surface area contributed by atoms with E-state index >= 15 is 0 Å². The maximum atomic E-state index is 13.3. The number of benzene rings is 2. The van der Waals surface area contributed by atoms with E-state index in [0.717, 1.165) is 16.7 Å². The second kappa shape index (κ2) is 11.8. The van der Waals surface area contributed by atoms with Crippen LogP contribution in [0.25, 0.3) is 11.1 Å². The smallest absolute Gasteiger partial charge is 0.253 e. The van der Waals surface area contributed by atoms with E-state index in [0.29, 0.717) is 56.9 Å². The first kappa shape index (κ1) is 25.9. The molecule has 1 saturated heterocycles. The topological polar surface area (TPSA) is 98.0 Å². The van der Waals surface area contributed by atoms with E-state index in [1.54, 1.807) is 30.3 Å². The van der Waals surface area contributed by atoms with Crippen LogP contribution in [0.3, 0.4) is 0 Å². The van der Waals surface area contributed by atoms with Gasteiger partial charge in [-0.3, -0.25) is 14.6 Å². The van der Waals surface area contributed by atoms with Gasteiger partial charge in [0.15, 0.2) is 0 Å². The number of hydrogen-bond donors (Lipinski definition) is 1. The van der Waals surface area contributed by atoms with Crippen LogP contribution in [-0.4, -0.2) is 71.5 Å². The van der Waals surface area contributed by atoms with Gasteiger partial charge in [0.05, 0.1) is 24.8 Å². The molecule has 2 aromatic carbocycles. The summed E-state index contributed by atoms with van der Waals surface area (Å²) in [5.74, 6) is 0.443. The SMILES string of the molecule is CN1CCC[C@H](N)C(=O)N2C[C@@H](OCc3ccc(-c4cccnc4)cc3)C[C@H]2COc2cccc(c2)C1=O. The maximum Gasteiger partial charge on any atom is 0.253 e. The molecule has 1 fully saturated rings. The molecular weight excluding hydrogens is 480 g/mol. The molecule has 2 aliphatic rings. The van der Waals surface area contributed by atoms with Crippen molar-refractivity contribution < 1.29 is 19.1 Å². The molecule has 8 heteroatoms. The van der Waals surface area contributed by atoms with Crippen molar-refractivity contribution in [2.24, 2.45) is 5.73 Å². The van der Waals surface area contributed by atoms with Crippen molar-refractivity contribution in [3.05, 3.63) is 84.2 Å². The number of nitrogens with zero attached hydrogens (tertiary/aromatic N) is 3. The minimum atomic E-state index is -0.625. The fourth-order valence-electron chi connectivity index (χ4n) is 5.08. The van der Waals surface area contributed by atoms with Crippen molar-refractivity contribution in [2.45, 2.75) is 44.1 Å². The zero-order valence-corrected chi connectivity index (χ0v) is 21.7. The van der Waals surface area contributed by atoms with Crippen molar-refractivity contribution >= 4 is 11.8 Å². The van der Waals surface area contributed by atoms with Gasteiger partial charge in [0, 0.05) is 38.1 Å². The van der Waals surface area contributed by atoms with Crippen LogP contribution in [0.5, 0.6) is 5.75 Å². The zero-order chi connectivity index (χ0) is 26.5. The molecule has 0 saturated carbocycles. The third-order valence-corrected chi connectivity index (χ3v) is 7.29. The molecule has 0 radical (unpaired) electrons. The van der Waals surface area contributed by atoms with Crippen molar-refractivity contribution in [3.8, 4) is 16.9 Å². The van der Waals surface area contributed by atoms with Crippen LogP contribution < -0.4 is 10.5 Å². The number of pyridine rings is 1. The van der Waals surface area contributed by atoms with E-state index in [2.05, 4.69) is 29.2 Å². The van der Waals surface area contributed by atoms with Crippen LogP contribution in [0.15, 0.2) is 73.1 Å². The highest BCUT2D eigenvalue weighted by molar-refractivity contribution is 5.94. The minimum absolute atomic E-state index is 0.0724. The average Bonchev–Trinajstić information content (AvgIpc) is 3.37. The zero-order valence-electron chi connectivity index (χ0n) is 21.7. The number of hydrogen-bond acceptors (Lipinski definition) is 6. The van der Waals surface area contributed by atoms with E-state index < -0.39 is 6.04 Å². The molecule has 8 nitrogen and oxygen atoms in total. The van der Waals surface area contributed by atoms with Gasteiger partial charge in [0.1, 0.15) is 12.4 Å². The number of aromatic nitrogens is 1. The number of carbonyl (C=O) groups excluding carboxylic acids is 2. The Bertz CT molecular complexity index is 1250. The highest BCUT2D eigenvalue weighted by Crippen LogP contribution is 2.26. The number of fused-ring (bicyclic) bond motifs is 3. The lowest BCUT2D eigenvalue weighted by atomic mass is 10.1. The molecule has 2 amide bonds. The van der Waals surface area contributed by atoms with E-state index in [9.17, 15) is 9.59 Å². The van der Waals surface area contributed by atoms with Crippen LogP contribution in [0.2, 0.25) is 0 Å². The lowest BCUT2D eigenvalue weighted by Gasteiger charge is -2.28. The first-order valence-corrected chi connectivity index (χ1v) is 13.1. The first-order valence-electron chi connectivity index (χ1n) is 13.1. The average molecular weight is 515 g/mol. The Balaban J connectivity index is 1.26. The number of carbonyl (C=O) groups is 2. The number of amides is 2. The fourth-order valence-corrected chi connectivity index (χ4v) is 5.08. The molecule has 0 unspecified atom stereocenters. The van der Waals surface area contributed by atoms with Gasteiger partial charge in [-0.05, 0) is 60.2 Å². The lowest BCUT2D eigenvalue weighted by Crippen LogP contribution is -2.48. The summed E-state index contributed by atoms with van der Waals surface area (Å²) in [6, 6.07) is 18.6. The monoisotopic (exact) mass is 514 g/mol. The predicted molar refractivity (Wildman–Crippen MR) is 144 cm³/mol. The fraction of sp³-hybridized carbons (Fsp3) is 0.367. The van der Waals surface area contributed by atoms with Gasteiger partial charge in [0.25, 0.3) is 5.91 Å². The Morgan fingerprint density at radius 2 is 1.87 bits per heavy atom. The van der Waals surface area contributed by atoms with Gasteiger partial charge in [-0.1, -0.05) is 36.4 Å². The van der Waals surface area contributed by atoms with Crippen LogP contribution in [-0.2, 0) is 16.1 Å². The first-order chi connectivity index (χ1) is 18.5. The molecule has 3 atom stereocenters. The summed E-state index contributed by atoms with van der Waals surface area (Å²) < 4.78 is 12.3. The molecule has 198 valence electrons. The van der Waals surface area contributed by atoms with Gasteiger partial charge >= 0.3 is 0 Å². The van der Waals surface area contributed by atoms with Gasteiger partial charge in [-0.2, -0.15) is 0 Å². The number of nitrogens with two attached hydrogens (primary N) is 1. The van der Waals surface area contributed by atoms with E-state index in [1.807, 2.05) is 35.4 Å². The van der Waals surface area contributed by atoms with E-state index in [1.165, 1.54) is 0 Å². The van der Waals surface area contributed by atoms with Crippen LogP contribution in [0.4, 0.5) is 0 Å². The Morgan fingerprint density at radius 3 is 2.66 bits per heavy atom. The van der Waals surface area contributed by atoms with E-state index in [-0.39, 0.29) is 24.0 Å². The summed E-state index contributed by atoms with van der Waals surface area (Å²) in [6.07, 6.45) is 5.31. The maximum absolute atomic E-state index is 13.3. The van der Waals surface area contributed by atoms with Crippen LogP contribution in [0.1, 0.15) is 35.2 Å². The summed E-state index contributed by atoms with van der Waals surface area (Å²) in [6.45, 7) is 1.77. The second-order valence-corrected chi connectivity index (χ2v) is 10.1. The molecule has 2 bridgehead atoms. The highest BCUT2D eigenvalue weighted by Gasteiger charge is 2.38. The summed E-state index contributed by atoms with van der Waals surface area (Å²) in [5.41, 5.74) is 10.1. The molecule has 2 aliphatic heterocycles. The van der Waals surface area contributed by atoms with Gasteiger partial charge in [0.2, 0.25) is 5.91 Å². The quantitative estimate of drug-likeness (QED) is 0.572. The summed E-state index contributed by atoms with van der Waals surface area (Å²) in [5, 5.41) is 0. The Morgan fingerprint density at radius 1 is 1.05 bits per heavy atom. The standard InChI is InChI=1S/C30H34N4O4/c1-33-14-4-8-28(31)30(36)34-18-27(16-25(34)20-38-26-7-2-5-23(15-26)29(33)35)37-19-21-9-11-22(12-10-21)24-6-3-13-32-17-24/h2-3,5-7,9-13,15,17,25,27-28H,4,8,14,16,18-20,31H2,1H3/t25-,27-,28-/m0/s1. The summed E-state index contributed by atoms with van der Waals surface area (Å²) >= 11 is 0. The highest BCUT2D eigenvalue weighted by atomic mass is 16.5.